The number of nitrogens with one attached hydrogen (secondary N) is 1. The van der Waals surface area contributed by atoms with Gasteiger partial charge in [-0.3, -0.25) is 4.90 Å². The van der Waals surface area contributed by atoms with Crippen molar-refractivity contribution in [1.29, 1.82) is 0 Å². The predicted octanol–water partition coefficient (Wildman–Crippen LogP) is 3.37. The Hall–Kier alpha value is -2.15. The zero-order valence-electron chi connectivity index (χ0n) is 16.8. The second kappa shape index (κ2) is 9.37. The van der Waals surface area contributed by atoms with Crippen molar-refractivity contribution in [2.24, 2.45) is 0 Å². The summed E-state index contributed by atoms with van der Waals surface area (Å²) >= 11 is 6.35. The Morgan fingerprint density at radius 2 is 1.46 bits per heavy atom. The Bertz CT molecular complexity index is 784. The molecule has 1 aliphatic heterocycles. The summed E-state index contributed by atoms with van der Waals surface area (Å²) in [4.78, 5) is 2.41. The zero-order chi connectivity index (χ0) is 20.1. The smallest absolute Gasteiger partial charge is 0.203 e. The maximum absolute atomic E-state index is 6.35. The van der Waals surface area contributed by atoms with Gasteiger partial charge in [-0.1, -0.05) is 11.6 Å². The molecule has 1 unspecified atom stereocenters. The maximum Gasteiger partial charge on any atom is 0.203 e. The summed E-state index contributed by atoms with van der Waals surface area (Å²) in [5.41, 5.74) is 2.03. The van der Waals surface area contributed by atoms with Gasteiger partial charge in [-0.05, 0) is 35.9 Å². The first kappa shape index (κ1) is 20.6. The van der Waals surface area contributed by atoms with E-state index in [0.717, 1.165) is 43.1 Å². The lowest BCUT2D eigenvalue weighted by atomic mass is 9.94. The number of hydrogen-bond acceptors (Lipinski definition) is 6. The highest BCUT2D eigenvalue weighted by Crippen LogP contribution is 2.44. The van der Waals surface area contributed by atoms with Gasteiger partial charge in [0, 0.05) is 36.8 Å². The van der Waals surface area contributed by atoms with Crippen LogP contribution in [0.4, 0.5) is 0 Å². The van der Waals surface area contributed by atoms with Crippen LogP contribution in [0, 0.1) is 0 Å². The quantitative estimate of drug-likeness (QED) is 0.760. The molecule has 2 aromatic carbocycles. The van der Waals surface area contributed by atoms with Crippen molar-refractivity contribution in [3.63, 3.8) is 0 Å². The Morgan fingerprint density at radius 3 is 2.00 bits per heavy atom. The fourth-order valence-corrected chi connectivity index (χ4v) is 3.89. The largest absolute Gasteiger partial charge is 0.496 e. The van der Waals surface area contributed by atoms with Gasteiger partial charge < -0.3 is 24.3 Å². The van der Waals surface area contributed by atoms with Crippen molar-refractivity contribution in [3.05, 3.63) is 46.5 Å². The number of piperazine rings is 1. The maximum atomic E-state index is 6.35. The van der Waals surface area contributed by atoms with E-state index in [4.69, 9.17) is 30.5 Å². The van der Waals surface area contributed by atoms with Crippen LogP contribution in [0.15, 0.2) is 30.3 Å². The van der Waals surface area contributed by atoms with E-state index in [1.807, 2.05) is 30.3 Å². The molecule has 1 atom stereocenters. The Kier molecular flexibility index (Phi) is 6.88. The van der Waals surface area contributed by atoms with Gasteiger partial charge in [0.25, 0.3) is 0 Å². The molecule has 6 nitrogen and oxygen atoms in total. The summed E-state index contributed by atoms with van der Waals surface area (Å²) in [7, 11) is 6.53. The van der Waals surface area contributed by atoms with E-state index >= 15 is 0 Å². The van der Waals surface area contributed by atoms with Gasteiger partial charge in [0.15, 0.2) is 11.5 Å². The van der Waals surface area contributed by atoms with Gasteiger partial charge in [0.2, 0.25) is 5.75 Å². The topological polar surface area (TPSA) is 52.2 Å². The SMILES string of the molecule is COc1ccc(Cl)cc1C(c1cc(OC)c(OC)c(OC)c1)N1CCNCC1. The first-order valence-corrected chi connectivity index (χ1v) is 9.58. The average molecular weight is 407 g/mol. The first-order valence-electron chi connectivity index (χ1n) is 9.21. The highest BCUT2D eigenvalue weighted by Gasteiger charge is 2.29. The first-order chi connectivity index (χ1) is 13.6. The van der Waals surface area contributed by atoms with Crippen LogP contribution in [-0.4, -0.2) is 59.5 Å². The van der Waals surface area contributed by atoms with E-state index in [1.165, 1.54) is 0 Å². The Morgan fingerprint density at radius 1 is 0.857 bits per heavy atom. The molecule has 0 aliphatic carbocycles. The van der Waals surface area contributed by atoms with E-state index in [9.17, 15) is 0 Å². The van der Waals surface area contributed by atoms with E-state index in [1.54, 1.807) is 28.4 Å². The van der Waals surface area contributed by atoms with E-state index < -0.39 is 0 Å². The highest BCUT2D eigenvalue weighted by molar-refractivity contribution is 6.30. The molecule has 1 N–H and O–H groups in total. The molecular formula is C21H27ClN2O4. The molecule has 2 aromatic rings. The van der Waals surface area contributed by atoms with Crippen LogP contribution in [0.1, 0.15) is 17.2 Å². The second-order valence-corrected chi connectivity index (χ2v) is 6.97. The van der Waals surface area contributed by atoms with Gasteiger partial charge in [-0.25, -0.2) is 0 Å². The molecule has 0 spiro atoms. The van der Waals surface area contributed by atoms with Gasteiger partial charge in [0.05, 0.1) is 34.5 Å². The minimum Gasteiger partial charge on any atom is -0.496 e. The normalized spacial score (nSPS) is 15.8. The number of benzene rings is 2. The third-order valence-electron chi connectivity index (χ3n) is 5.01. The van der Waals surface area contributed by atoms with Crippen LogP contribution >= 0.6 is 11.6 Å². The van der Waals surface area contributed by atoms with Crippen molar-refractivity contribution in [2.45, 2.75) is 6.04 Å². The van der Waals surface area contributed by atoms with Crippen molar-refractivity contribution in [3.8, 4) is 23.0 Å². The van der Waals surface area contributed by atoms with Crippen LogP contribution in [0.25, 0.3) is 0 Å². The summed E-state index contributed by atoms with van der Waals surface area (Å²) < 4.78 is 22.3. The van der Waals surface area contributed by atoms with E-state index in [2.05, 4.69) is 10.2 Å². The van der Waals surface area contributed by atoms with Crippen molar-refractivity contribution >= 4 is 11.6 Å². The molecule has 0 radical (unpaired) electrons. The molecule has 0 amide bonds. The van der Waals surface area contributed by atoms with Crippen molar-refractivity contribution in [1.82, 2.24) is 10.2 Å². The van der Waals surface area contributed by atoms with Crippen LogP contribution < -0.4 is 24.3 Å². The van der Waals surface area contributed by atoms with Gasteiger partial charge in [-0.15, -0.1) is 0 Å². The molecule has 7 heteroatoms. The van der Waals surface area contributed by atoms with Crippen LogP contribution in [-0.2, 0) is 0 Å². The average Bonchev–Trinajstić information content (AvgIpc) is 2.74. The zero-order valence-corrected chi connectivity index (χ0v) is 17.5. The van der Waals surface area contributed by atoms with Crippen LogP contribution in [0.2, 0.25) is 5.02 Å². The second-order valence-electron chi connectivity index (χ2n) is 6.53. The third kappa shape index (κ3) is 4.14. The fourth-order valence-electron chi connectivity index (χ4n) is 3.71. The summed E-state index contributed by atoms with van der Waals surface area (Å²) in [6.45, 7) is 3.64. The third-order valence-corrected chi connectivity index (χ3v) is 5.24. The van der Waals surface area contributed by atoms with Crippen LogP contribution in [0.5, 0.6) is 23.0 Å². The number of methoxy groups -OCH3 is 4. The van der Waals surface area contributed by atoms with E-state index in [0.29, 0.717) is 22.3 Å². The monoisotopic (exact) mass is 406 g/mol. The Labute approximate surface area is 171 Å². The standard InChI is InChI=1S/C21H27ClN2O4/c1-25-17-6-5-15(22)13-16(17)20(24-9-7-23-8-10-24)14-11-18(26-2)21(28-4)19(12-14)27-3/h5-6,11-13,20,23H,7-10H2,1-4H3. The number of rotatable bonds is 7. The number of ether oxygens (including phenoxy) is 4. The van der Waals surface area contributed by atoms with Gasteiger partial charge >= 0.3 is 0 Å². The fraction of sp³-hybridized carbons (Fsp3) is 0.429. The molecule has 1 fully saturated rings. The molecule has 0 saturated carbocycles. The molecule has 1 aliphatic rings. The predicted molar refractivity (Wildman–Crippen MR) is 110 cm³/mol. The lowest BCUT2D eigenvalue weighted by molar-refractivity contribution is 0.194. The lowest BCUT2D eigenvalue weighted by Gasteiger charge is -2.36. The molecule has 1 heterocycles. The minimum atomic E-state index is -0.0653. The molecular weight excluding hydrogens is 380 g/mol. The highest BCUT2D eigenvalue weighted by atomic mass is 35.5. The van der Waals surface area contributed by atoms with Gasteiger partial charge in [-0.2, -0.15) is 0 Å². The summed E-state index contributed by atoms with van der Waals surface area (Å²) in [6.07, 6.45) is 0. The molecule has 152 valence electrons. The number of nitrogens with zero attached hydrogens (tertiary/aromatic N) is 1. The van der Waals surface area contributed by atoms with Crippen LogP contribution in [0.3, 0.4) is 0 Å². The number of hydrogen-bond donors (Lipinski definition) is 1. The lowest BCUT2D eigenvalue weighted by Crippen LogP contribution is -2.45. The summed E-state index contributed by atoms with van der Waals surface area (Å²) in [6, 6.07) is 9.64. The number of halogens is 1. The Balaban J connectivity index is 2.19. The molecule has 0 aromatic heterocycles. The molecule has 28 heavy (non-hydrogen) atoms. The van der Waals surface area contributed by atoms with Crippen molar-refractivity contribution in [2.75, 3.05) is 54.6 Å². The van der Waals surface area contributed by atoms with Gasteiger partial charge in [0.1, 0.15) is 5.75 Å². The van der Waals surface area contributed by atoms with Crippen molar-refractivity contribution < 1.29 is 18.9 Å². The summed E-state index contributed by atoms with van der Waals surface area (Å²) in [5.74, 6) is 2.61. The van der Waals surface area contributed by atoms with E-state index in [-0.39, 0.29) is 6.04 Å². The molecule has 1 saturated heterocycles. The summed E-state index contributed by atoms with van der Waals surface area (Å²) in [5, 5.41) is 4.08. The minimum absolute atomic E-state index is 0.0653. The molecule has 0 bridgehead atoms. The molecule has 3 rings (SSSR count).